The van der Waals surface area contributed by atoms with E-state index in [2.05, 4.69) is 22.6 Å². The lowest BCUT2D eigenvalue weighted by Crippen LogP contribution is -2.36. The summed E-state index contributed by atoms with van der Waals surface area (Å²) in [5, 5.41) is -0.239. The zero-order valence-electron chi connectivity index (χ0n) is 8.30. The second-order valence-corrected chi connectivity index (χ2v) is 8.17. The summed E-state index contributed by atoms with van der Waals surface area (Å²) in [6, 6.07) is 0. The van der Waals surface area contributed by atoms with Crippen molar-refractivity contribution in [1.29, 1.82) is 0 Å². The number of hydrogen-bond acceptors (Lipinski definition) is 4. The maximum absolute atomic E-state index is 11.6. The van der Waals surface area contributed by atoms with Crippen LogP contribution in [0.2, 0.25) is 0 Å². The minimum atomic E-state index is -3.28. The smallest absolute Gasteiger partial charge is 0.270 e. The number of fused-ring (bicyclic) bond motifs is 1. The van der Waals surface area contributed by atoms with Gasteiger partial charge in [-0.1, -0.05) is 22.6 Å². The third kappa shape index (κ3) is 1.48. The summed E-state index contributed by atoms with van der Waals surface area (Å²) in [5.41, 5.74) is 0. The van der Waals surface area contributed by atoms with E-state index in [1.165, 1.54) is 0 Å². The molecule has 3 fully saturated rings. The lowest BCUT2D eigenvalue weighted by atomic mass is 9.94. The molecule has 0 aromatic carbocycles. The molecule has 0 spiro atoms. The lowest BCUT2D eigenvalue weighted by molar-refractivity contribution is -0.0387. The molecule has 1 heterocycles. The van der Waals surface area contributed by atoms with Gasteiger partial charge in [-0.15, -0.1) is 0 Å². The van der Waals surface area contributed by atoms with Crippen LogP contribution in [0, 0.1) is 11.8 Å². The van der Waals surface area contributed by atoms with Crippen LogP contribution in [0.4, 0.5) is 0 Å². The second-order valence-electron chi connectivity index (χ2n) is 4.63. The van der Waals surface area contributed by atoms with Crippen LogP contribution in [0.15, 0.2) is 0 Å². The first-order valence-corrected chi connectivity index (χ1v) is 7.92. The fraction of sp³-hybridized carbons (Fsp3) is 1.00. The molecule has 6 unspecified atom stereocenters. The molecule has 15 heavy (non-hydrogen) atoms. The monoisotopic (exact) mass is 344 g/mol. The van der Waals surface area contributed by atoms with E-state index in [0.29, 0.717) is 5.92 Å². The number of alkyl halides is 1. The lowest BCUT2D eigenvalue weighted by Gasteiger charge is -2.26. The first-order valence-electron chi connectivity index (χ1n) is 5.20. The molecule has 2 bridgehead atoms. The normalized spacial score (nSPS) is 52.3. The Labute approximate surface area is 103 Å². The highest BCUT2D eigenvalue weighted by atomic mass is 127. The van der Waals surface area contributed by atoms with Gasteiger partial charge >= 0.3 is 0 Å². The number of halogens is 1. The zero-order valence-corrected chi connectivity index (χ0v) is 11.3. The Kier molecular flexibility index (Phi) is 2.36. The summed E-state index contributed by atoms with van der Waals surface area (Å²) in [7, 11) is -3.28. The summed E-state index contributed by atoms with van der Waals surface area (Å²) in [5.74, 6) is 0.583. The highest BCUT2D eigenvalue weighted by molar-refractivity contribution is 14.1. The fourth-order valence-corrected chi connectivity index (χ4v) is 5.51. The topological polar surface area (TPSA) is 52.6 Å². The highest BCUT2D eigenvalue weighted by Crippen LogP contribution is 2.55. The van der Waals surface area contributed by atoms with Crippen molar-refractivity contribution < 1.29 is 17.3 Å². The van der Waals surface area contributed by atoms with Crippen LogP contribution in [0.25, 0.3) is 0 Å². The first kappa shape index (κ1) is 10.7. The highest BCUT2D eigenvalue weighted by Gasteiger charge is 2.64. The van der Waals surface area contributed by atoms with Crippen LogP contribution < -0.4 is 0 Å². The van der Waals surface area contributed by atoms with E-state index >= 15 is 0 Å². The molecule has 0 aromatic heterocycles. The van der Waals surface area contributed by atoms with E-state index in [-0.39, 0.29) is 27.5 Å². The number of rotatable bonds is 2. The van der Waals surface area contributed by atoms with Gasteiger partial charge in [-0.05, 0) is 25.7 Å². The standard InChI is InChI=1S/C9H13IO4S/c1-4(10)13-8-5-2-6-7(3-5)15(11,12)14-9(6)8/h4-9H,2-3H2,1H3. The van der Waals surface area contributed by atoms with Gasteiger partial charge in [0.25, 0.3) is 10.1 Å². The number of hydrogen-bond donors (Lipinski definition) is 0. The van der Waals surface area contributed by atoms with Crippen molar-refractivity contribution in [2.45, 2.75) is 41.3 Å². The van der Waals surface area contributed by atoms with Gasteiger partial charge in [0.05, 0.1) is 11.4 Å². The Balaban J connectivity index is 1.88. The molecule has 86 valence electrons. The molecule has 3 aliphatic rings. The Hall–Kier alpha value is 0.600. The van der Waals surface area contributed by atoms with Crippen molar-refractivity contribution in [1.82, 2.24) is 0 Å². The van der Waals surface area contributed by atoms with Crippen molar-refractivity contribution >= 4 is 32.7 Å². The van der Waals surface area contributed by atoms with Crippen LogP contribution >= 0.6 is 22.6 Å². The van der Waals surface area contributed by atoms with Crippen molar-refractivity contribution in [3.05, 3.63) is 0 Å². The van der Waals surface area contributed by atoms with Gasteiger partial charge in [-0.2, -0.15) is 8.42 Å². The predicted octanol–water partition coefficient (Wildman–Crippen LogP) is 1.29. The molecule has 0 radical (unpaired) electrons. The molecule has 0 N–H and O–H groups in total. The van der Waals surface area contributed by atoms with Crippen LogP contribution in [0.5, 0.6) is 0 Å². The van der Waals surface area contributed by atoms with Gasteiger partial charge in [0.15, 0.2) is 0 Å². The first-order chi connectivity index (χ1) is 6.99. The van der Waals surface area contributed by atoms with Gasteiger partial charge in [0, 0.05) is 5.92 Å². The Morgan fingerprint density at radius 1 is 1.47 bits per heavy atom. The molecule has 6 heteroatoms. The van der Waals surface area contributed by atoms with Gasteiger partial charge in [-0.25, -0.2) is 0 Å². The minimum absolute atomic E-state index is 0.00424. The Morgan fingerprint density at radius 3 is 2.87 bits per heavy atom. The average Bonchev–Trinajstić information content (AvgIpc) is 2.67. The third-order valence-electron chi connectivity index (χ3n) is 3.76. The van der Waals surface area contributed by atoms with Gasteiger partial charge in [0.2, 0.25) is 0 Å². The number of ether oxygens (including phenoxy) is 1. The van der Waals surface area contributed by atoms with E-state index in [1.807, 2.05) is 6.92 Å². The van der Waals surface area contributed by atoms with Crippen LogP contribution in [-0.2, 0) is 19.0 Å². The molecular weight excluding hydrogens is 331 g/mol. The van der Waals surface area contributed by atoms with Crippen molar-refractivity contribution in [2.75, 3.05) is 0 Å². The largest absolute Gasteiger partial charge is 0.362 e. The summed E-state index contributed by atoms with van der Waals surface area (Å²) in [6.45, 7) is 1.97. The van der Waals surface area contributed by atoms with E-state index in [1.54, 1.807) is 0 Å². The quantitative estimate of drug-likeness (QED) is 0.430. The van der Waals surface area contributed by atoms with E-state index in [9.17, 15) is 8.42 Å². The minimum Gasteiger partial charge on any atom is -0.362 e. The predicted molar refractivity (Wildman–Crippen MR) is 62.1 cm³/mol. The molecule has 4 nitrogen and oxygen atoms in total. The summed E-state index contributed by atoms with van der Waals surface area (Å²) < 4.78 is 34.3. The van der Waals surface area contributed by atoms with Crippen LogP contribution in [0.1, 0.15) is 19.8 Å². The molecule has 6 atom stereocenters. The Bertz CT molecular complexity index is 380. The SMILES string of the molecule is CC(I)OC1C2CC3C1OS(=O)(=O)C3C2. The summed E-state index contributed by atoms with van der Waals surface area (Å²) >= 11 is 2.19. The van der Waals surface area contributed by atoms with E-state index < -0.39 is 10.1 Å². The molecule has 3 rings (SSSR count). The van der Waals surface area contributed by atoms with Crippen molar-refractivity contribution in [3.63, 3.8) is 0 Å². The maximum Gasteiger partial charge on any atom is 0.270 e. The van der Waals surface area contributed by atoms with E-state index in [0.717, 1.165) is 12.8 Å². The van der Waals surface area contributed by atoms with Crippen LogP contribution in [-0.4, -0.2) is 30.0 Å². The van der Waals surface area contributed by atoms with Crippen LogP contribution in [0.3, 0.4) is 0 Å². The molecule has 1 aliphatic heterocycles. The third-order valence-corrected chi connectivity index (χ3v) is 5.83. The Morgan fingerprint density at radius 2 is 2.20 bits per heavy atom. The molecular formula is C9H13IO4S. The maximum atomic E-state index is 11.6. The van der Waals surface area contributed by atoms with E-state index in [4.69, 9.17) is 8.92 Å². The van der Waals surface area contributed by atoms with Crippen molar-refractivity contribution in [2.24, 2.45) is 11.8 Å². The molecule has 2 aliphatic carbocycles. The van der Waals surface area contributed by atoms with Gasteiger partial charge in [-0.3, -0.25) is 4.18 Å². The average molecular weight is 344 g/mol. The molecule has 0 aromatic rings. The van der Waals surface area contributed by atoms with Crippen molar-refractivity contribution in [3.8, 4) is 0 Å². The van der Waals surface area contributed by atoms with Gasteiger partial charge < -0.3 is 4.74 Å². The summed E-state index contributed by atoms with van der Waals surface area (Å²) in [6.07, 6.45) is 1.49. The fourth-order valence-electron chi connectivity index (χ4n) is 3.29. The molecule has 0 amide bonds. The van der Waals surface area contributed by atoms with Gasteiger partial charge in [0.1, 0.15) is 10.2 Å². The molecule has 2 saturated carbocycles. The summed E-state index contributed by atoms with van der Waals surface area (Å²) in [4.78, 5) is 0. The zero-order chi connectivity index (χ0) is 10.8. The second kappa shape index (κ2) is 3.30. The molecule has 1 saturated heterocycles.